The number of para-hydroxylation sites is 1. The van der Waals surface area contributed by atoms with Crippen molar-refractivity contribution < 1.29 is 4.42 Å². The molecule has 2 heterocycles. The molecule has 3 nitrogen and oxygen atoms in total. The first-order valence-corrected chi connectivity index (χ1v) is 6.92. The molecule has 3 rings (SSSR count). The van der Waals surface area contributed by atoms with Gasteiger partial charge in [-0.15, -0.1) is 0 Å². The smallest absolute Gasteiger partial charge is 0.105 e. The van der Waals surface area contributed by atoms with Crippen LogP contribution in [0.4, 0.5) is 5.69 Å². The monoisotopic (exact) mass is 256 g/mol. The van der Waals surface area contributed by atoms with Crippen molar-refractivity contribution in [2.75, 3.05) is 18.0 Å². The molecule has 19 heavy (non-hydrogen) atoms. The van der Waals surface area contributed by atoms with Gasteiger partial charge in [-0.3, -0.25) is 0 Å². The predicted octanol–water partition coefficient (Wildman–Crippen LogP) is 2.82. The molecule has 1 unspecified atom stereocenters. The second-order valence-electron chi connectivity index (χ2n) is 5.13. The van der Waals surface area contributed by atoms with E-state index < -0.39 is 0 Å². The van der Waals surface area contributed by atoms with Gasteiger partial charge in [0, 0.05) is 37.8 Å². The number of fused-ring (bicyclic) bond motifs is 1. The average molecular weight is 256 g/mol. The van der Waals surface area contributed by atoms with Crippen LogP contribution in [0.1, 0.15) is 18.2 Å². The summed E-state index contributed by atoms with van der Waals surface area (Å²) >= 11 is 0. The molecule has 100 valence electrons. The third-order valence-corrected chi connectivity index (χ3v) is 3.75. The van der Waals surface area contributed by atoms with E-state index in [1.54, 1.807) is 6.26 Å². The van der Waals surface area contributed by atoms with E-state index in [0.29, 0.717) is 6.04 Å². The van der Waals surface area contributed by atoms with Crippen molar-refractivity contribution in [3.63, 3.8) is 0 Å². The van der Waals surface area contributed by atoms with E-state index in [9.17, 15) is 0 Å². The van der Waals surface area contributed by atoms with Crippen LogP contribution in [0.5, 0.6) is 0 Å². The van der Waals surface area contributed by atoms with Gasteiger partial charge in [0.1, 0.15) is 5.76 Å². The molecule has 1 aliphatic heterocycles. The van der Waals surface area contributed by atoms with Gasteiger partial charge in [-0.2, -0.15) is 0 Å². The lowest BCUT2D eigenvalue weighted by Crippen LogP contribution is -2.37. The van der Waals surface area contributed by atoms with Gasteiger partial charge in [0.05, 0.1) is 6.26 Å². The number of nitrogens with zero attached hydrogens (tertiary/aromatic N) is 1. The van der Waals surface area contributed by atoms with Crippen molar-refractivity contribution in [1.29, 1.82) is 0 Å². The standard InChI is InChI=1S/C16H20N2O/c1-13(11-15-6-4-10-19-15)18-9-8-17-12-14-5-2-3-7-16(14)18/h2-7,10,13,17H,8-9,11-12H2,1H3. The van der Waals surface area contributed by atoms with E-state index in [0.717, 1.165) is 31.8 Å². The molecule has 0 spiro atoms. The summed E-state index contributed by atoms with van der Waals surface area (Å²) in [5, 5.41) is 3.48. The summed E-state index contributed by atoms with van der Waals surface area (Å²) < 4.78 is 5.47. The van der Waals surface area contributed by atoms with Gasteiger partial charge in [-0.1, -0.05) is 18.2 Å². The molecular weight excluding hydrogens is 236 g/mol. The third-order valence-electron chi connectivity index (χ3n) is 3.75. The normalized spacial score (nSPS) is 16.8. The van der Waals surface area contributed by atoms with E-state index in [1.165, 1.54) is 11.3 Å². The summed E-state index contributed by atoms with van der Waals surface area (Å²) in [6.07, 6.45) is 2.70. The van der Waals surface area contributed by atoms with Crippen LogP contribution in [0.15, 0.2) is 47.1 Å². The third kappa shape index (κ3) is 2.66. The average Bonchev–Trinajstić information content (AvgIpc) is 2.83. The molecule has 0 aliphatic carbocycles. The fourth-order valence-electron chi connectivity index (χ4n) is 2.77. The highest BCUT2D eigenvalue weighted by Gasteiger charge is 2.20. The number of hydrogen-bond acceptors (Lipinski definition) is 3. The Balaban J connectivity index is 1.83. The van der Waals surface area contributed by atoms with Crippen molar-refractivity contribution in [2.24, 2.45) is 0 Å². The van der Waals surface area contributed by atoms with Crippen LogP contribution in [-0.4, -0.2) is 19.1 Å². The zero-order chi connectivity index (χ0) is 13.1. The minimum Gasteiger partial charge on any atom is -0.469 e. The van der Waals surface area contributed by atoms with E-state index in [4.69, 9.17) is 4.42 Å². The van der Waals surface area contributed by atoms with E-state index in [1.807, 2.05) is 6.07 Å². The number of benzene rings is 1. The van der Waals surface area contributed by atoms with Crippen LogP contribution in [0, 0.1) is 0 Å². The zero-order valence-electron chi connectivity index (χ0n) is 11.3. The Morgan fingerprint density at radius 1 is 1.26 bits per heavy atom. The van der Waals surface area contributed by atoms with E-state index >= 15 is 0 Å². The van der Waals surface area contributed by atoms with Gasteiger partial charge >= 0.3 is 0 Å². The molecule has 1 atom stereocenters. The first kappa shape index (κ1) is 12.3. The fraction of sp³-hybridized carbons (Fsp3) is 0.375. The van der Waals surface area contributed by atoms with Gasteiger partial charge in [-0.25, -0.2) is 0 Å². The lowest BCUT2D eigenvalue weighted by Gasteiger charge is -2.30. The first-order chi connectivity index (χ1) is 9.34. The molecular formula is C16H20N2O. The molecule has 0 fully saturated rings. The molecule has 1 aliphatic rings. The number of nitrogens with one attached hydrogen (secondary N) is 1. The van der Waals surface area contributed by atoms with Crippen molar-refractivity contribution >= 4 is 5.69 Å². The summed E-state index contributed by atoms with van der Waals surface area (Å²) in [7, 11) is 0. The molecule has 0 bridgehead atoms. The lowest BCUT2D eigenvalue weighted by molar-refractivity contribution is 0.480. The Morgan fingerprint density at radius 2 is 2.16 bits per heavy atom. The molecule has 1 aromatic heterocycles. The van der Waals surface area contributed by atoms with Crippen molar-refractivity contribution in [3.05, 3.63) is 54.0 Å². The molecule has 0 amide bonds. The number of rotatable bonds is 3. The SMILES string of the molecule is CC(Cc1ccco1)N1CCNCc2ccccc21. The van der Waals surface area contributed by atoms with Crippen molar-refractivity contribution in [2.45, 2.75) is 25.9 Å². The highest BCUT2D eigenvalue weighted by Crippen LogP contribution is 2.25. The molecule has 0 saturated carbocycles. The van der Waals surface area contributed by atoms with E-state index in [2.05, 4.69) is 47.5 Å². The number of furan rings is 1. The highest BCUT2D eigenvalue weighted by molar-refractivity contribution is 5.55. The van der Waals surface area contributed by atoms with Gasteiger partial charge in [-0.05, 0) is 30.7 Å². The zero-order valence-corrected chi connectivity index (χ0v) is 11.3. The van der Waals surface area contributed by atoms with Crippen molar-refractivity contribution in [1.82, 2.24) is 5.32 Å². The lowest BCUT2D eigenvalue weighted by atomic mass is 10.1. The van der Waals surface area contributed by atoms with Crippen LogP contribution >= 0.6 is 0 Å². The highest BCUT2D eigenvalue weighted by atomic mass is 16.3. The Bertz CT molecular complexity index is 521. The molecule has 0 radical (unpaired) electrons. The Morgan fingerprint density at radius 3 is 3.00 bits per heavy atom. The minimum atomic E-state index is 0.437. The summed E-state index contributed by atoms with van der Waals surface area (Å²) in [5.74, 6) is 1.06. The van der Waals surface area contributed by atoms with Gasteiger partial charge in [0.2, 0.25) is 0 Å². The second kappa shape index (κ2) is 5.49. The quantitative estimate of drug-likeness (QED) is 0.915. The Kier molecular flexibility index (Phi) is 3.56. The number of anilines is 1. The van der Waals surface area contributed by atoms with Crippen LogP contribution < -0.4 is 10.2 Å². The summed E-state index contributed by atoms with van der Waals surface area (Å²) in [6.45, 7) is 5.29. The summed E-state index contributed by atoms with van der Waals surface area (Å²) in [5.41, 5.74) is 2.73. The predicted molar refractivity (Wildman–Crippen MR) is 77.4 cm³/mol. The molecule has 1 N–H and O–H groups in total. The molecule has 3 heteroatoms. The summed E-state index contributed by atoms with van der Waals surface area (Å²) in [6, 6.07) is 13.1. The van der Waals surface area contributed by atoms with E-state index in [-0.39, 0.29) is 0 Å². The Labute approximate surface area is 114 Å². The first-order valence-electron chi connectivity index (χ1n) is 6.92. The van der Waals surface area contributed by atoms with Crippen LogP contribution in [0.3, 0.4) is 0 Å². The Hall–Kier alpha value is -1.74. The van der Waals surface area contributed by atoms with Crippen LogP contribution in [0.2, 0.25) is 0 Å². The fourth-order valence-corrected chi connectivity index (χ4v) is 2.77. The molecule has 2 aromatic rings. The van der Waals surface area contributed by atoms with Gasteiger partial charge in [0.25, 0.3) is 0 Å². The summed E-state index contributed by atoms with van der Waals surface area (Å²) in [4.78, 5) is 2.48. The largest absolute Gasteiger partial charge is 0.469 e. The van der Waals surface area contributed by atoms with Crippen LogP contribution in [0.25, 0.3) is 0 Å². The topological polar surface area (TPSA) is 28.4 Å². The van der Waals surface area contributed by atoms with Crippen LogP contribution in [-0.2, 0) is 13.0 Å². The minimum absolute atomic E-state index is 0.437. The maximum absolute atomic E-state index is 5.47. The van der Waals surface area contributed by atoms with Gasteiger partial charge in [0.15, 0.2) is 0 Å². The second-order valence-corrected chi connectivity index (χ2v) is 5.13. The number of hydrogen-bond donors (Lipinski definition) is 1. The van der Waals surface area contributed by atoms with Crippen molar-refractivity contribution in [3.8, 4) is 0 Å². The molecule has 1 aromatic carbocycles. The maximum atomic E-state index is 5.47. The maximum Gasteiger partial charge on any atom is 0.105 e. The molecule has 0 saturated heterocycles. The van der Waals surface area contributed by atoms with Gasteiger partial charge < -0.3 is 14.6 Å².